The molecule has 0 bridgehead atoms. The minimum absolute atomic E-state index is 0.0288. The molecule has 6 heteroatoms. The van der Waals surface area contributed by atoms with Crippen LogP contribution in [-0.2, 0) is 0 Å². The number of pyridine rings is 1. The van der Waals surface area contributed by atoms with Crippen LogP contribution < -0.4 is 15.8 Å². The summed E-state index contributed by atoms with van der Waals surface area (Å²) in [7, 11) is 0. The fourth-order valence-corrected chi connectivity index (χ4v) is 3.62. The monoisotopic (exact) mass is 410 g/mol. The van der Waals surface area contributed by atoms with Crippen LogP contribution in [0, 0.1) is 45.3 Å². The second-order valence-corrected chi connectivity index (χ2v) is 6.91. The zero-order valence-corrected chi connectivity index (χ0v) is 16.8. The Hall–Kier alpha value is -5.17. The molecular weight excluding hydrogens is 396 g/mol. The summed E-state index contributed by atoms with van der Waals surface area (Å²) in [5.41, 5.74) is 4.77. The number of aromatic nitrogens is 1. The van der Waals surface area contributed by atoms with Crippen LogP contribution in [0.1, 0.15) is 5.56 Å². The largest absolute Gasteiger partial charge is 0.387 e. The lowest BCUT2D eigenvalue weighted by Crippen LogP contribution is -2.10. The van der Waals surface area contributed by atoms with Gasteiger partial charge in [0.15, 0.2) is 0 Å². The Bertz CT molecular complexity index is 1500. The lowest BCUT2D eigenvalue weighted by molar-refractivity contribution is 0.962. The van der Waals surface area contributed by atoms with Crippen LogP contribution in [0.25, 0.3) is 16.7 Å². The van der Waals surface area contributed by atoms with Gasteiger partial charge in [0.2, 0.25) is 0 Å². The predicted molar refractivity (Wildman–Crippen MR) is 118 cm³/mol. The van der Waals surface area contributed by atoms with E-state index in [1.165, 1.54) is 0 Å². The number of dihydropyridines is 1. The molecule has 0 unspecified atom stereocenters. The molecule has 0 atom stereocenters. The van der Waals surface area contributed by atoms with Gasteiger partial charge in [0.1, 0.15) is 29.8 Å². The molecule has 1 fully saturated rings. The molecule has 1 aromatic heterocycles. The van der Waals surface area contributed by atoms with Crippen LogP contribution >= 0.6 is 0 Å². The standard InChI is InChI=1S/C26H14N6/c27-13-21(14-28)17-1-3-20(4-2-17)24-25(22(15-29)18-5-9-31-10-6-18)26(24)23(16-30)19-7-11-32-12-8-19/h1-11,32H,12H2/b25-22-,26-23+. The molecule has 1 N–H and O–H groups in total. The summed E-state index contributed by atoms with van der Waals surface area (Å²) in [5, 5.41) is 42.5. The number of hydrogen-bond acceptors (Lipinski definition) is 6. The van der Waals surface area contributed by atoms with Crippen LogP contribution in [0.5, 0.6) is 0 Å². The first-order chi connectivity index (χ1) is 15.7. The quantitative estimate of drug-likeness (QED) is 0.759. The third-order valence-corrected chi connectivity index (χ3v) is 5.18. The lowest BCUT2D eigenvalue weighted by Gasteiger charge is -2.06. The molecule has 2 heterocycles. The van der Waals surface area contributed by atoms with Gasteiger partial charge in [-0.05, 0) is 40.8 Å². The van der Waals surface area contributed by atoms with E-state index in [0.29, 0.717) is 22.9 Å². The van der Waals surface area contributed by atoms with Crippen molar-refractivity contribution in [2.75, 3.05) is 6.54 Å². The molecule has 2 aliphatic rings. The Kier molecular flexibility index (Phi) is 5.46. The molecule has 0 amide bonds. The van der Waals surface area contributed by atoms with Gasteiger partial charge >= 0.3 is 0 Å². The van der Waals surface area contributed by atoms with Gasteiger partial charge in [-0.1, -0.05) is 30.3 Å². The minimum Gasteiger partial charge on any atom is -0.387 e. The van der Waals surface area contributed by atoms with Crippen molar-refractivity contribution in [3.05, 3.63) is 105 Å². The molecule has 0 spiro atoms. The number of rotatable bonds is 2. The summed E-state index contributed by atoms with van der Waals surface area (Å²) in [4.78, 5) is 4.02. The average Bonchev–Trinajstić information content (AvgIpc) is 3.57. The van der Waals surface area contributed by atoms with Gasteiger partial charge in [-0.25, -0.2) is 0 Å². The Balaban J connectivity index is 2.05. The number of hydrogen-bond donors (Lipinski definition) is 1. The first-order valence-corrected chi connectivity index (χ1v) is 9.69. The highest BCUT2D eigenvalue weighted by Crippen LogP contribution is 2.52. The highest BCUT2D eigenvalue weighted by atomic mass is 14.8. The van der Waals surface area contributed by atoms with Crippen molar-refractivity contribution >= 4 is 16.7 Å². The maximum Gasteiger partial charge on any atom is 0.136 e. The first-order valence-electron chi connectivity index (χ1n) is 9.69. The van der Waals surface area contributed by atoms with Crippen molar-refractivity contribution in [1.29, 1.82) is 21.0 Å². The maximum atomic E-state index is 9.97. The highest BCUT2D eigenvalue weighted by Gasteiger charge is 2.38. The van der Waals surface area contributed by atoms with Crippen LogP contribution in [0.3, 0.4) is 0 Å². The maximum absolute atomic E-state index is 9.97. The van der Waals surface area contributed by atoms with Crippen molar-refractivity contribution in [2.45, 2.75) is 0 Å². The molecule has 4 rings (SSSR count). The average molecular weight is 410 g/mol. The smallest absolute Gasteiger partial charge is 0.136 e. The Labute approximate surface area is 184 Å². The Morgan fingerprint density at radius 3 is 2.03 bits per heavy atom. The molecule has 1 aliphatic carbocycles. The van der Waals surface area contributed by atoms with Gasteiger partial charge in [-0.3, -0.25) is 4.98 Å². The van der Waals surface area contributed by atoms with Gasteiger partial charge in [-0.15, -0.1) is 0 Å². The molecule has 0 saturated heterocycles. The number of nitriles is 4. The lowest BCUT2D eigenvalue weighted by atomic mass is 10.0. The zero-order valence-electron chi connectivity index (χ0n) is 16.8. The van der Waals surface area contributed by atoms with E-state index in [4.69, 9.17) is 10.5 Å². The molecule has 32 heavy (non-hydrogen) atoms. The third-order valence-electron chi connectivity index (χ3n) is 5.18. The fourth-order valence-electron chi connectivity index (χ4n) is 3.62. The van der Waals surface area contributed by atoms with Crippen LogP contribution in [0.4, 0.5) is 0 Å². The molecule has 0 radical (unpaired) electrons. The van der Waals surface area contributed by atoms with E-state index >= 15 is 0 Å². The number of allylic oxidation sites excluding steroid dienone is 6. The zero-order chi connectivity index (χ0) is 22.5. The van der Waals surface area contributed by atoms with E-state index in [9.17, 15) is 10.5 Å². The molecule has 148 valence electrons. The minimum atomic E-state index is 0.0288. The highest BCUT2D eigenvalue weighted by molar-refractivity contribution is 6.16. The van der Waals surface area contributed by atoms with Crippen LogP contribution in [0.15, 0.2) is 89.4 Å². The van der Waals surface area contributed by atoms with Gasteiger partial charge in [0, 0.05) is 40.9 Å². The van der Waals surface area contributed by atoms with E-state index in [2.05, 4.69) is 22.4 Å². The van der Waals surface area contributed by atoms with Crippen molar-refractivity contribution in [3.8, 4) is 24.3 Å². The SMILES string of the molecule is N#CC(C#N)=c1ccc(=C2C(=C(\C#N)c3ccncc3)/C2=C(\C#N)C2=CCNC=C2)cc1. The van der Waals surface area contributed by atoms with Gasteiger partial charge in [0.05, 0.1) is 11.1 Å². The van der Waals surface area contributed by atoms with Crippen molar-refractivity contribution in [3.63, 3.8) is 0 Å². The van der Waals surface area contributed by atoms with Gasteiger partial charge < -0.3 is 5.32 Å². The van der Waals surface area contributed by atoms with Gasteiger partial charge in [0.25, 0.3) is 0 Å². The van der Waals surface area contributed by atoms with E-state index in [0.717, 1.165) is 33.1 Å². The number of benzene rings is 1. The van der Waals surface area contributed by atoms with Crippen molar-refractivity contribution in [1.82, 2.24) is 10.3 Å². The number of nitrogens with one attached hydrogen (secondary N) is 1. The molecule has 1 aliphatic heterocycles. The second-order valence-electron chi connectivity index (χ2n) is 6.91. The van der Waals surface area contributed by atoms with Crippen LogP contribution in [-0.4, -0.2) is 11.5 Å². The molecule has 1 aromatic carbocycles. The van der Waals surface area contributed by atoms with E-state index in [1.807, 2.05) is 24.3 Å². The Morgan fingerprint density at radius 2 is 1.47 bits per heavy atom. The van der Waals surface area contributed by atoms with Gasteiger partial charge in [-0.2, -0.15) is 21.0 Å². The normalized spacial score (nSPS) is 16.9. The summed E-state index contributed by atoms with van der Waals surface area (Å²) in [6, 6.07) is 18.9. The second kappa shape index (κ2) is 8.68. The van der Waals surface area contributed by atoms with E-state index in [-0.39, 0.29) is 5.57 Å². The molecule has 2 aromatic rings. The fraction of sp³-hybridized carbons (Fsp3) is 0.0385. The summed E-state index contributed by atoms with van der Waals surface area (Å²) < 4.78 is 0. The van der Waals surface area contributed by atoms with Crippen LogP contribution in [0.2, 0.25) is 0 Å². The first kappa shape index (κ1) is 20.1. The summed E-state index contributed by atoms with van der Waals surface area (Å²) >= 11 is 0. The molecule has 1 saturated carbocycles. The summed E-state index contributed by atoms with van der Waals surface area (Å²) in [6.45, 7) is 0.615. The number of nitrogens with zero attached hydrogens (tertiary/aromatic N) is 5. The molecule has 6 nitrogen and oxygen atoms in total. The topological polar surface area (TPSA) is 120 Å². The summed E-state index contributed by atoms with van der Waals surface area (Å²) in [6.07, 6.45) is 8.81. The van der Waals surface area contributed by atoms with Crippen molar-refractivity contribution < 1.29 is 0 Å². The van der Waals surface area contributed by atoms with Crippen molar-refractivity contribution in [2.24, 2.45) is 0 Å². The van der Waals surface area contributed by atoms with E-state index in [1.54, 1.807) is 55.0 Å². The van der Waals surface area contributed by atoms with E-state index < -0.39 is 0 Å². The Morgan fingerprint density at radius 1 is 0.812 bits per heavy atom. The molecular formula is C26H14N6. The third kappa shape index (κ3) is 3.57. The summed E-state index contributed by atoms with van der Waals surface area (Å²) in [5.74, 6) is 0. The predicted octanol–water partition coefficient (Wildman–Crippen LogP) is 2.28.